The number of thiophene rings is 2. The van der Waals surface area contributed by atoms with Crippen LogP contribution in [0.1, 0.15) is 29.7 Å². The van der Waals surface area contributed by atoms with Gasteiger partial charge in [-0.3, -0.25) is 19.6 Å². The minimum Gasteiger partial charge on any atom is -0.473 e. The van der Waals surface area contributed by atoms with Crippen molar-refractivity contribution in [2.45, 2.75) is 6.10 Å². The average Bonchev–Trinajstić information content (AvgIpc) is 4.05. The third-order valence-corrected chi connectivity index (χ3v) is 11.1. The Balaban J connectivity index is 1.06. The predicted molar refractivity (Wildman–Crippen MR) is 216 cm³/mol. The largest absolute Gasteiger partial charge is 0.473 e. The monoisotopic (exact) mass is 877 g/mol. The normalized spacial score (nSPS) is 11.6. The molecular weight excluding hydrogens is 850 g/mol. The van der Waals surface area contributed by atoms with Gasteiger partial charge >= 0.3 is 5.97 Å². The molecule has 7 rings (SSSR count). The number of carbonyl (C=O) groups is 3. The van der Waals surface area contributed by atoms with Crippen molar-refractivity contribution in [3.63, 3.8) is 0 Å². The lowest BCUT2D eigenvalue weighted by molar-refractivity contribution is -0.0104. The first-order valence-corrected chi connectivity index (χ1v) is 19.5. The second-order valence-corrected chi connectivity index (χ2v) is 15.1. The van der Waals surface area contributed by atoms with E-state index in [1.807, 2.05) is 0 Å². The van der Waals surface area contributed by atoms with Crippen LogP contribution in [0.4, 0.5) is 28.9 Å². The highest BCUT2D eigenvalue weighted by Gasteiger charge is 2.23. The highest BCUT2D eigenvalue weighted by molar-refractivity contribution is 7.17. The highest BCUT2D eigenvalue weighted by atomic mass is 35.5. The van der Waals surface area contributed by atoms with E-state index in [2.05, 4.69) is 25.6 Å². The average molecular weight is 878 g/mol. The summed E-state index contributed by atoms with van der Waals surface area (Å²) in [5, 5.41) is 4.99. The standard InChI is InChI=1S/C41H28ClF4N5O7S2/c1-55-19-23(58-41(54)21-4-5-26(42)24(11-21)33-6-8-35(59-33)31(52)18-49-37-27(43)14-47-15-28(37)44)20-57-40-25(12-22(13-50-40)32-3-2-10-56-32)34-7-9-36(60-34)39(53)51-38-29(45)16-48-17-30(38)46/h2-17,23H,18-20H2,1H3,(H,47,49)(H,48,51,53). The van der Waals surface area contributed by atoms with Crippen molar-refractivity contribution in [3.8, 4) is 38.1 Å². The van der Waals surface area contributed by atoms with E-state index in [1.54, 1.807) is 30.3 Å². The molecule has 19 heteroatoms. The quantitative estimate of drug-likeness (QED) is 0.0542. The van der Waals surface area contributed by atoms with Gasteiger partial charge in [0.2, 0.25) is 5.88 Å². The minimum atomic E-state index is -1.04. The molecule has 0 saturated heterocycles. The molecule has 12 nitrogen and oxygen atoms in total. The van der Waals surface area contributed by atoms with E-state index >= 15 is 0 Å². The molecule has 1 atom stereocenters. The molecule has 2 N–H and O–H groups in total. The summed E-state index contributed by atoms with van der Waals surface area (Å²) in [6, 6.07) is 15.9. The van der Waals surface area contributed by atoms with Crippen LogP contribution in [-0.2, 0) is 9.47 Å². The third kappa shape index (κ3) is 9.52. The molecule has 1 amide bonds. The summed E-state index contributed by atoms with van der Waals surface area (Å²) in [7, 11) is 1.42. The summed E-state index contributed by atoms with van der Waals surface area (Å²) in [5.41, 5.74) is 0.456. The summed E-state index contributed by atoms with van der Waals surface area (Å²) in [5.74, 6) is -5.30. The Kier molecular flexibility index (Phi) is 12.9. The van der Waals surface area contributed by atoms with Gasteiger partial charge in [0.1, 0.15) is 23.7 Å². The highest BCUT2D eigenvalue weighted by Crippen LogP contribution is 2.38. The van der Waals surface area contributed by atoms with Gasteiger partial charge in [-0.1, -0.05) is 11.6 Å². The minimum absolute atomic E-state index is 0.0742. The molecule has 0 saturated carbocycles. The van der Waals surface area contributed by atoms with E-state index in [9.17, 15) is 31.9 Å². The molecule has 0 aliphatic carbocycles. The molecule has 0 fully saturated rings. The molecule has 1 unspecified atom stereocenters. The Morgan fingerprint density at radius 1 is 0.800 bits per heavy atom. The smallest absolute Gasteiger partial charge is 0.338 e. The number of anilines is 2. The van der Waals surface area contributed by atoms with Crippen LogP contribution in [-0.4, -0.2) is 65.6 Å². The van der Waals surface area contributed by atoms with E-state index in [1.165, 1.54) is 49.9 Å². The van der Waals surface area contributed by atoms with Crippen LogP contribution in [0.15, 0.2) is 102 Å². The van der Waals surface area contributed by atoms with Crippen molar-refractivity contribution >= 4 is 63.3 Å². The number of esters is 1. The van der Waals surface area contributed by atoms with Crippen molar-refractivity contribution in [2.24, 2.45) is 0 Å². The molecule has 0 bridgehead atoms. The lowest BCUT2D eigenvalue weighted by Gasteiger charge is -2.19. The number of rotatable bonds is 16. The number of Topliss-reactive ketones (excluding diaryl/α,β-unsaturated/α-hetero) is 1. The van der Waals surface area contributed by atoms with Gasteiger partial charge in [-0.15, -0.1) is 22.7 Å². The molecule has 1 aromatic carbocycles. The number of ketones is 1. The van der Waals surface area contributed by atoms with Gasteiger partial charge < -0.3 is 29.3 Å². The number of nitrogens with one attached hydrogen (secondary N) is 2. The Morgan fingerprint density at radius 2 is 1.47 bits per heavy atom. The SMILES string of the molecule is COCC(COc1ncc(-c2ccco2)cc1-c1ccc(C(=O)Nc2c(F)cncc2F)s1)OC(=O)c1ccc(Cl)c(-c2ccc(C(=O)CNc3c(F)cncc3F)s2)c1. The van der Waals surface area contributed by atoms with Gasteiger partial charge in [-0.05, 0) is 60.7 Å². The van der Waals surface area contributed by atoms with Gasteiger partial charge in [0.05, 0.1) is 65.1 Å². The number of benzene rings is 1. The fraction of sp³-hybridized carbons (Fsp3) is 0.122. The summed E-state index contributed by atoms with van der Waals surface area (Å²) >= 11 is 8.59. The van der Waals surface area contributed by atoms with Gasteiger partial charge in [0, 0.05) is 39.2 Å². The number of hydrogen-bond donors (Lipinski definition) is 2. The molecule has 0 aliphatic rings. The molecule has 6 aromatic heterocycles. The van der Waals surface area contributed by atoms with Crippen molar-refractivity contribution in [2.75, 3.05) is 37.5 Å². The molecule has 0 spiro atoms. The summed E-state index contributed by atoms with van der Waals surface area (Å²) < 4.78 is 79.1. The zero-order chi connectivity index (χ0) is 42.3. The molecule has 0 aliphatic heterocycles. The van der Waals surface area contributed by atoms with E-state index in [0.29, 0.717) is 32.2 Å². The topological polar surface area (TPSA) is 155 Å². The fourth-order valence-corrected chi connectivity index (χ4v) is 7.79. The maximum atomic E-state index is 14.2. The summed E-state index contributed by atoms with van der Waals surface area (Å²) in [6.45, 7) is -0.693. The lowest BCUT2D eigenvalue weighted by Crippen LogP contribution is -2.29. The Morgan fingerprint density at radius 3 is 2.15 bits per heavy atom. The fourth-order valence-electron chi connectivity index (χ4n) is 5.63. The Hall–Kier alpha value is -6.47. The zero-order valence-corrected chi connectivity index (χ0v) is 33.2. The zero-order valence-electron chi connectivity index (χ0n) is 30.8. The summed E-state index contributed by atoms with van der Waals surface area (Å²) in [6.07, 6.45) is 5.27. The second-order valence-electron chi connectivity index (χ2n) is 12.6. The van der Waals surface area contributed by atoms with Gasteiger partial charge in [0.15, 0.2) is 35.2 Å². The van der Waals surface area contributed by atoms with E-state index in [-0.39, 0.29) is 39.4 Å². The molecule has 6 heterocycles. The number of halogens is 5. The van der Waals surface area contributed by atoms with Crippen molar-refractivity contribution in [1.29, 1.82) is 0 Å². The number of furan rings is 1. The number of nitrogens with zero attached hydrogens (tertiary/aromatic N) is 3. The number of carbonyl (C=O) groups excluding carboxylic acids is 3. The number of methoxy groups -OCH3 is 1. The molecule has 7 aromatic rings. The van der Waals surface area contributed by atoms with Crippen LogP contribution in [0.25, 0.3) is 32.2 Å². The third-order valence-electron chi connectivity index (χ3n) is 8.50. The van der Waals surface area contributed by atoms with Crippen molar-refractivity contribution in [3.05, 3.63) is 142 Å². The maximum Gasteiger partial charge on any atom is 0.338 e. The van der Waals surface area contributed by atoms with Gasteiger partial charge in [-0.2, -0.15) is 0 Å². The van der Waals surface area contributed by atoms with Crippen molar-refractivity contribution in [1.82, 2.24) is 15.0 Å². The number of aromatic nitrogens is 3. The maximum absolute atomic E-state index is 14.2. The molecule has 60 heavy (non-hydrogen) atoms. The molecule has 306 valence electrons. The first kappa shape index (κ1) is 41.7. The van der Waals surface area contributed by atoms with E-state index in [0.717, 1.165) is 47.5 Å². The van der Waals surface area contributed by atoms with Crippen LogP contribution < -0.4 is 15.4 Å². The van der Waals surface area contributed by atoms with Gasteiger partial charge in [0.25, 0.3) is 5.91 Å². The number of amides is 1. The van der Waals surface area contributed by atoms with Gasteiger partial charge in [-0.25, -0.2) is 27.3 Å². The first-order valence-electron chi connectivity index (χ1n) is 17.5. The van der Waals surface area contributed by atoms with Crippen molar-refractivity contribution < 1.29 is 50.6 Å². The van der Waals surface area contributed by atoms with Crippen LogP contribution in [0.2, 0.25) is 5.02 Å². The number of pyridine rings is 3. The summed E-state index contributed by atoms with van der Waals surface area (Å²) in [4.78, 5) is 52.2. The number of hydrogen-bond acceptors (Lipinski definition) is 13. The van der Waals surface area contributed by atoms with Crippen LogP contribution >= 0.6 is 34.3 Å². The lowest BCUT2D eigenvalue weighted by atomic mass is 10.1. The second kappa shape index (κ2) is 18.6. The van der Waals surface area contributed by atoms with E-state index in [4.69, 9.17) is 30.2 Å². The van der Waals surface area contributed by atoms with Crippen LogP contribution in [0.3, 0.4) is 0 Å². The van der Waals surface area contributed by atoms with E-state index < -0.39 is 65.0 Å². The first-order chi connectivity index (χ1) is 29.0. The molecular formula is C41H28ClF4N5O7S2. The number of ether oxygens (including phenoxy) is 3. The van der Waals surface area contributed by atoms with Crippen LogP contribution in [0, 0.1) is 23.3 Å². The predicted octanol–water partition coefficient (Wildman–Crippen LogP) is 9.60. The van der Waals surface area contributed by atoms with Crippen LogP contribution in [0.5, 0.6) is 5.88 Å². The Bertz CT molecular complexity index is 2660. The molecule has 0 radical (unpaired) electrons. The Labute approximate surface area is 350 Å².